The first kappa shape index (κ1) is 21.7. The molecule has 0 radical (unpaired) electrons. The molecule has 1 saturated heterocycles. The maximum absolute atomic E-state index is 5.99. The van der Waals surface area contributed by atoms with Gasteiger partial charge in [-0.15, -0.1) is 24.0 Å². The Bertz CT molecular complexity index is 728. The Balaban J connectivity index is 0.00000261. The zero-order valence-electron chi connectivity index (χ0n) is 16.1. The van der Waals surface area contributed by atoms with E-state index in [1.165, 1.54) is 24.9 Å². The minimum atomic E-state index is 0. The van der Waals surface area contributed by atoms with Gasteiger partial charge in [0.05, 0.1) is 12.2 Å². The predicted octanol–water partition coefficient (Wildman–Crippen LogP) is 3.20. The number of hydrogen-bond donors (Lipinski definition) is 2. The molecule has 2 aromatic rings. The van der Waals surface area contributed by atoms with E-state index in [0.29, 0.717) is 24.4 Å². The Labute approximate surface area is 178 Å². The molecule has 1 unspecified atom stereocenters. The lowest BCUT2D eigenvalue weighted by molar-refractivity contribution is 0.273. The van der Waals surface area contributed by atoms with Gasteiger partial charge in [0.25, 0.3) is 0 Å². The molecular formula is C20H30IN5O. The number of halogens is 1. The smallest absolute Gasteiger partial charge is 0.226 e. The number of guanidine groups is 1. The predicted molar refractivity (Wildman–Crippen MR) is 121 cm³/mol. The van der Waals surface area contributed by atoms with Crippen molar-refractivity contribution in [3.05, 3.63) is 41.8 Å². The van der Waals surface area contributed by atoms with Crippen molar-refractivity contribution in [3.63, 3.8) is 0 Å². The Kier molecular flexibility index (Phi) is 8.56. The number of oxazole rings is 1. The van der Waals surface area contributed by atoms with E-state index >= 15 is 0 Å². The normalized spacial score (nSPS) is 17.7. The molecule has 3 rings (SSSR count). The number of nitrogens with two attached hydrogens (primary N) is 1. The summed E-state index contributed by atoms with van der Waals surface area (Å²) in [7, 11) is 0. The highest BCUT2D eigenvalue weighted by Gasteiger charge is 2.22. The molecule has 1 aromatic heterocycles. The van der Waals surface area contributed by atoms with Gasteiger partial charge in [-0.3, -0.25) is 9.89 Å². The zero-order chi connectivity index (χ0) is 18.4. The van der Waals surface area contributed by atoms with Crippen LogP contribution in [-0.4, -0.2) is 48.1 Å². The largest absolute Gasteiger partial charge is 0.444 e. The monoisotopic (exact) mass is 483 g/mol. The summed E-state index contributed by atoms with van der Waals surface area (Å²) >= 11 is 0. The van der Waals surface area contributed by atoms with Crippen LogP contribution in [-0.2, 0) is 6.42 Å². The van der Waals surface area contributed by atoms with E-state index in [2.05, 4.69) is 46.2 Å². The SMILES string of the molecule is CCN1CCCC1CN=C(N)NCCc1coc(-c2ccc(C)cc2)n1.I. The Morgan fingerprint density at radius 3 is 2.89 bits per heavy atom. The molecular weight excluding hydrogens is 453 g/mol. The average Bonchev–Trinajstić information content (AvgIpc) is 3.29. The summed E-state index contributed by atoms with van der Waals surface area (Å²) in [6.45, 7) is 8.00. The van der Waals surface area contributed by atoms with E-state index in [4.69, 9.17) is 10.2 Å². The lowest BCUT2D eigenvalue weighted by atomic mass is 10.1. The molecule has 0 saturated carbocycles. The van der Waals surface area contributed by atoms with Crippen molar-refractivity contribution in [1.82, 2.24) is 15.2 Å². The molecule has 1 aliphatic rings. The molecule has 2 heterocycles. The van der Waals surface area contributed by atoms with Gasteiger partial charge >= 0.3 is 0 Å². The number of likely N-dealkylation sites (tertiary alicyclic amines) is 1. The number of rotatable bonds is 7. The first-order valence-electron chi connectivity index (χ1n) is 9.45. The summed E-state index contributed by atoms with van der Waals surface area (Å²) in [5, 5.41) is 3.17. The van der Waals surface area contributed by atoms with Crippen LogP contribution in [0.3, 0.4) is 0 Å². The van der Waals surface area contributed by atoms with Crippen molar-refractivity contribution >= 4 is 29.9 Å². The highest BCUT2D eigenvalue weighted by Crippen LogP contribution is 2.19. The number of aryl methyl sites for hydroxylation is 1. The molecule has 0 spiro atoms. The average molecular weight is 483 g/mol. The van der Waals surface area contributed by atoms with Crippen molar-refractivity contribution in [2.24, 2.45) is 10.7 Å². The van der Waals surface area contributed by atoms with Gasteiger partial charge < -0.3 is 15.5 Å². The van der Waals surface area contributed by atoms with Gasteiger partial charge in [0, 0.05) is 24.6 Å². The number of likely N-dealkylation sites (N-methyl/N-ethyl adjacent to an activating group) is 1. The van der Waals surface area contributed by atoms with Crippen molar-refractivity contribution in [1.29, 1.82) is 0 Å². The van der Waals surface area contributed by atoms with Crippen LogP contribution < -0.4 is 11.1 Å². The Morgan fingerprint density at radius 1 is 1.37 bits per heavy atom. The van der Waals surface area contributed by atoms with Crippen LogP contribution in [0.5, 0.6) is 0 Å². The summed E-state index contributed by atoms with van der Waals surface area (Å²) in [6, 6.07) is 8.70. The molecule has 0 aliphatic carbocycles. The van der Waals surface area contributed by atoms with E-state index in [9.17, 15) is 0 Å². The van der Waals surface area contributed by atoms with Crippen LogP contribution in [0.4, 0.5) is 0 Å². The second-order valence-corrected chi connectivity index (χ2v) is 6.84. The van der Waals surface area contributed by atoms with Crippen LogP contribution in [0, 0.1) is 6.92 Å². The van der Waals surface area contributed by atoms with Crippen LogP contribution in [0.1, 0.15) is 31.0 Å². The van der Waals surface area contributed by atoms with Crippen molar-refractivity contribution in [3.8, 4) is 11.5 Å². The van der Waals surface area contributed by atoms with Crippen LogP contribution in [0.25, 0.3) is 11.5 Å². The van der Waals surface area contributed by atoms with Gasteiger partial charge in [-0.05, 0) is 45.0 Å². The van der Waals surface area contributed by atoms with E-state index in [0.717, 1.165) is 30.8 Å². The lowest BCUT2D eigenvalue weighted by Gasteiger charge is -2.20. The summed E-state index contributed by atoms with van der Waals surface area (Å²) in [5.41, 5.74) is 9.12. The molecule has 27 heavy (non-hydrogen) atoms. The van der Waals surface area contributed by atoms with Crippen LogP contribution in [0.15, 0.2) is 39.9 Å². The third-order valence-corrected chi connectivity index (χ3v) is 4.92. The fourth-order valence-electron chi connectivity index (χ4n) is 3.35. The van der Waals surface area contributed by atoms with Gasteiger partial charge in [-0.2, -0.15) is 0 Å². The van der Waals surface area contributed by atoms with Crippen LogP contribution in [0.2, 0.25) is 0 Å². The highest BCUT2D eigenvalue weighted by molar-refractivity contribution is 14.0. The van der Waals surface area contributed by atoms with Gasteiger partial charge in [0.1, 0.15) is 6.26 Å². The van der Waals surface area contributed by atoms with Gasteiger partial charge in [-0.25, -0.2) is 4.98 Å². The fraction of sp³-hybridized carbons (Fsp3) is 0.500. The zero-order valence-corrected chi connectivity index (χ0v) is 18.5. The topological polar surface area (TPSA) is 79.7 Å². The molecule has 1 atom stereocenters. The first-order chi connectivity index (χ1) is 12.7. The summed E-state index contributed by atoms with van der Waals surface area (Å²) in [4.78, 5) is 11.5. The summed E-state index contributed by atoms with van der Waals surface area (Å²) < 4.78 is 5.58. The van der Waals surface area contributed by atoms with Crippen LogP contribution >= 0.6 is 24.0 Å². The number of aliphatic imine (C=N–C) groups is 1. The third-order valence-electron chi connectivity index (χ3n) is 4.92. The molecule has 6 nitrogen and oxygen atoms in total. The fourth-order valence-corrected chi connectivity index (χ4v) is 3.35. The third kappa shape index (κ3) is 6.21. The van der Waals surface area contributed by atoms with Crippen molar-refractivity contribution < 1.29 is 4.42 Å². The molecule has 0 amide bonds. The number of nitrogens with one attached hydrogen (secondary N) is 1. The van der Waals surface area contributed by atoms with Gasteiger partial charge in [0.2, 0.25) is 5.89 Å². The minimum Gasteiger partial charge on any atom is -0.444 e. The van der Waals surface area contributed by atoms with E-state index in [1.807, 2.05) is 12.1 Å². The maximum atomic E-state index is 5.99. The number of aromatic nitrogens is 1. The molecule has 0 bridgehead atoms. The summed E-state index contributed by atoms with van der Waals surface area (Å²) in [5.74, 6) is 1.16. The Morgan fingerprint density at radius 2 is 2.15 bits per heavy atom. The van der Waals surface area contributed by atoms with Crippen molar-refractivity contribution in [2.45, 2.75) is 39.2 Å². The molecule has 1 aromatic carbocycles. The number of hydrogen-bond acceptors (Lipinski definition) is 4. The molecule has 148 valence electrons. The van der Waals surface area contributed by atoms with E-state index in [-0.39, 0.29) is 24.0 Å². The van der Waals surface area contributed by atoms with E-state index in [1.54, 1.807) is 6.26 Å². The second kappa shape index (κ2) is 10.7. The second-order valence-electron chi connectivity index (χ2n) is 6.84. The lowest BCUT2D eigenvalue weighted by Crippen LogP contribution is -2.36. The summed E-state index contributed by atoms with van der Waals surface area (Å²) in [6.07, 6.45) is 4.93. The van der Waals surface area contributed by atoms with Gasteiger partial charge in [-0.1, -0.05) is 24.6 Å². The van der Waals surface area contributed by atoms with Gasteiger partial charge in [0.15, 0.2) is 5.96 Å². The first-order valence-corrected chi connectivity index (χ1v) is 9.45. The van der Waals surface area contributed by atoms with E-state index < -0.39 is 0 Å². The minimum absolute atomic E-state index is 0. The standard InChI is InChI=1S/C20H29N5O.HI/c1-3-25-12-4-5-18(25)13-23-20(21)22-11-10-17-14-26-19(24-17)16-8-6-15(2)7-9-16;/h6-9,14,18H,3-5,10-13H2,1-2H3,(H3,21,22,23);1H. The highest BCUT2D eigenvalue weighted by atomic mass is 127. The van der Waals surface area contributed by atoms with Crippen molar-refractivity contribution in [2.75, 3.05) is 26.2 Å². The number of nitrogens with zero attached hydrogens (tertiary/aromatic N) is 3. The molecule has 1 aliphatic heterocycles. The molecule has 1 fully saturated rings. The maximum Gasteiger partial charge on any atom is 0.226 e. The molecule has 3 N–H and O–H groups in total. The molecule has 7 heteroatoms. The Hall–Kier alpha value is -1.61. The quantitative estimate of drug-likeness (QED) is 0.359. The number of benzene rings is 1.